The molecular formula is C14H7BrClNO2S. The van der Waals surface area contributed by atoms with Crippen molar-refractivity contribution in [1.82, 2.24) is 0 Å². The number of halogens is 2. The largest absolute Gasteiger partial charge is 0.318 e. The van der Waals surface area contributed by atoms with E-state index in [4.69, 9.17) is 11.6 Å². The van der Waals surface area contributed by atoms with E-state index in [9.17, 15) is 9.59 Å². The van der Waals surface area contributed by atoms with Crippen LogP contribution in [-0.4, -0.2) is 11.7 Å². The number of nitrogens with one attached hydrogen (secondary N) is 1. The van der Waals surface area contributed by atoms with Gasteiger partial charge in [-0.1, -0.05) is 35.5 Å². The fraction of sp³-hybridized carbons (Fsp3) is 0. The normalized spacial score (nSPS) is 13.3. The van der Waals surface area contributed by atoms with E-state index in [1.807, 2.05) is 24.3 Å². The van der Waals surface area contributed by atoms with Crippen LogP contribution in [-0.2, 0) is 4.79 Å². The third-order valence-electron chi connectivity index (χ3n) is 2.83. The number of anilines is 1. The number of benzene rings is 2. The summed E-state index contributed by atoms with van der Waals surface area (Å²) in [5, 5.41) is 3.00. The number of rotatable bonds is 2. The number of fused-ring (bicyclic) bond motifs is 1. The van der Waals surface area contributed by atoms with Crippen LogP contribution in [0.15, 0.2) is 50.7 Å². The van der Waals surface area contributed by atoms with Gasteiger partial charge in [0.1, 0.15) is 0 Å². The second-order valence-electron chi connectivity index (χ2n) is 4.14. The van der Waals surface area contributed by atoms with Gasteiger partial charge in [-0.25, -0.2) is 0 Å². The van der Waals surface area contributed by atoms with Gasteiger partial charge in [-0.05, 0) is 40.2 Å². The lowest BCUT2D eigenvalue weighted by Crippen LogP contribution is -2.12. The molecule has 6 heteroatoms. The molecule has 0 bridgehead atoms. The van der Waals surface area contributed by atoms with Crippen LogP contribution in [0.1, 0.15) is 10.4 Å². The second kappa shape index (κ2) is 5.24. The van der Waals surface area contributed by atoms with E-state index >= 15 is 0 Å². The van der Waals surface area contributed by atoms with Crippen molar-refractivity contribution in [3.63, 3.8) is 0 Å². The van der Waals surface area contributed by atoms with Gasteiger partial charge >= 0.3 is 0 Å². The lowest BCUT2D eigenvalue weighted by atomic mass is 10.1. The Morgan fingerprint density at radius 1 is 1.10 bits per heavy atom. The van der Waals surface area contributed by atoms with Crippen LogP contribution in [0, 0.1) is 0 Å². The molecule has 0 spiro atoms. The SMILES string of the molecule is O=C1Nc2cc(Sc3ccccc3Br)c(Cl)cc2C1=O. The van der Waals surface area contributed by atoms with Crippen molar-refractivity contribution >= 4 is 56.7 Å². The molecule has 0 unspecified atom stereocenters. The van der Waals surface area contributed by atoms with Gasteiger partial charge in [-0.15, -0.1) is 0 Å². The first-order chi connectivity index (χ1) is 9.56. The van der Waals surface area contributed by atoms with Crippen molar-refractivity contribution in [3.05, 3.63) is 51.5 Å². The Morgan fingerprint density at radius 2 is 1.85 bits per heavy atom. The molecule has 3 nitrogen and oxygen atoms in total. The first-order valence-corrected chi connectivity index (χ1v) is 7.66. The number of carbonyl (C=O) groups is 2. The van der Waals surface area contributed by atoms with Crippen LogP contribution in [0.25, 0.3) is 0 Å². The molecule has 1 aliphatic rings. The summed E-state index contributed by atoms with van der Waals surface area (Å²) >= 11 is 11.1. The molecule has 3 rings (SSSR count). The fourth-order valence-electron chi connectivity index (χ4n) is 1.87. The smallest absolute Gasteiger partial charge is 0.296 e. The quantitative estimate of drug-likeness (QED) is 0.800. The summed E-state index contributed by atoms with van der Waals surface area (Å²) in [5.74, 6) is -1.15. The summed E-state index contributed by atoms with van der Waals surface area (Å²) in [6, 6.07) is 11.0. The van der Waals surface area contributed by atoms with Crippen LogP contribution in [0.5, 0.6) is 0 Å². The van der Waals surface area contributed by atoms with Crippen LogP contribution in [0.4, 0.5) is 5.69 Å². The predicted molar refractivity (Wildman–Crippen MR) is 82.7 cm³/mol. The molecule has 2 aromatic carbocycles. The molecule has 2 aromatic rings. The summed E-state index contributed by atoms with van der Waals surface area (Å²) in [6.45, 7) is 0. The maximum atomic E-state index is 11.6. The van der Waals surface area contributed by atoms with Crippen LogP contribution in [0.2, 0.25) is 5.02 Å². The average molecular weight is 369 g/mol. The minimum Gasteiger partial charge on any atom is -0.318 e. The Bertz CT molecular complexity index is 748. The Balaban J connectivity index is 2.01. The van der Waals surface area contributed by atoms with Crippen molar-refractivity contribution in [1.29, 1.82) is 0 Å². The van der Waals surface area contributed by atoms with E-state index < -0.39 is 11.7 Å². The van der Waals surface area contributed by atoms with Gasteiger partial charge in [-0.3, -0.25) is 9.59 Å². The summed E-state index contributed by atoms with van der Waals surface area (Å²) < 4.78 is 0.960. The molecular weight excluding hydrogens is 362 g/mol. The number of ketones is 1. The van der Waals surface area contributed by atoms with E-state index in [0.717, 1.165) is 14.3 Å². The van der Waals surface area contributed by atoms with Crippen molar-refractivity contribution in [3.8, 4) is 0 Å². The topological polar surface area (TPSA) is 46.2 Å². The average Bonchev–Trinajstić information content (AvgIpc) is 2.69. The first-order valence-electron chi connectivity index (χ1n) is 5.68. The molecule has 1 amide bonds. The number of amides is 1. The zero-order chi connectivity index (χ0) is 14.3. The summed E-state index contributed by atoms with van der Waals surface area (Å²) in [4.78, 5) is 24.7. The second-order valence-corrected chi connectivity index (χ2v) is 6.49. The Kier molecular flexibility index (Phi) is 3.58. The molecule has 1 heterocycles. The molecule has 1 aliphatic heterocycles. The Morgan fingerprint density at radius 3 is 2.60 bits per heavy atom. The molecule has 0 aliphatic carbocycles. The first kappa shape index (κ1) is 13.7. The maximum Gasteiger partial charge on any atom is 0.296 e. The standard InChI is InChI=1S/C14H7BrClNO2S/c15-8-3-1-2-4-11(8)20-12-6-10-7(5-9(12)16)13(18)14(19)17-10/h1-6H,(H,17,18,19). The van der Waals surface area contributed by atoms with Gasteiger partial charge in [0.05, 0.1) is 16.3 Å². The Hall–Kier alpha value is -1.30. The Labute approximate surface area is 132 Å². The summed E-state index contributed by atoms with van der Waals surface area (Å²) in [5.41, 5.74) is 0.843. The monoisotopic (exact) mass is 367 g/mol. The lowest BCUT2D eigenvalue weighted by molar-refractivity contribution is -0.112. The minimum atomic E-state index is -0.612. The van der Waals surface area contributed by atoms with Gasteiger partial charge in [0.15, 0.2) is 0 Å². The van der Waals surface area contributed by atoms with Crippen molar-refractivity contribution < 1.29 is 9.59 Å². The molecule has 0 atom stereocenters. The molecule has 20 heavy (non-hydrogen) atoms. The fourth-order valence-corrected chi connectivity index (χ4v) is 3.56. The van der Waals surface area contributed by atoms with Gasteiger partial charge in [0, 0.05) is 14.3 Å². The van der Waals surface area contributed by atoms with Crippen LogP contribution >= 0.6 is 39.3 Å². The predicted octanol–water partition coefficient (Wildman–Crippen LogP) is 4.39. The zero-order valence-electron chi connectivity index (χ0n) is 9.94. The van der Waals surface area contributed by atoms with Gasteiger partial charge < -0.3 is 5.32 Å². The maximum absolute atomic E-state index is 11.6. The highest BCUT2D eigenvalue weighted by molar-refractivity contribution is 9.10. The third-order valence-corrected chi connectivity index (χ3v) is 5.34. The molecule has 0 saturated carbocycles. The van der Waals surface area contributed by atoms with E-state index in [1.165, 1.54) is 17.8 Å². The molecule has 0 aromatic heterocycles. The number of hydrogen-bond donors (Lipinski definition) is 1. The number of carbonyl (C=O) groups excluding carboxylic acids is 2. The summed E-state index contributed by atoms with van der Waals surface area (Å²) in [6.07, 6.45) is 0. The molecule has 0 saturated heterocycles. The number of Topliss-reactive ketones (excluding diaryl/α,β-unsaturated/α-hetero) is 1. The van der Waals surface area contributed by atoms with Gasteiger partial charge in [0.25, 0.3) is 11.7 Å². The van der Waals surface area contributed by atoms with E-state index in [1.54, 1.807) is 6.07 Å². The molecule has 0 fully saturated rings. The lowest BCUT2D eigenvalue weighted by Gasteiger charge is -2.08. The van der Waals surface area contributed by atoms with Gasteiger partial charge in [-0.2, -0.15) is 0 Å². The molecule has 100 valence electrons. The minimum absolute atomic E-state index is 0.330. The highest BCUT2D eigenvalue weighted by Crippen LogP contribution is 2.40. The van der Waals surface area contributed by atoms with E-state index in [-0.39, 0.29) is 0 Å². The van der Waals surface area contributed by atoms with E-state index in [0.29, 0.717) is 16.3 Å². The van der Waals surface area contributed by atoms with Gasteiger partial charge in [0.2, 0.25) is 0 Å². The van der Waals surface area contributed by atoms with Crippen LogP contribution in [0.3, 0.4) is 0 Å². The molecule has 1 N–H and O–H groups in total. The molecule has 0 radical (unpaired) electrons. The third kappa shape index (κ3) is 2.37. The highest BCUT2D eigenvalue weighted by atomic mass is 79.9. The highest BCUT2D eigenvalue weighted by Gasteiger charge is 2.29. The van der Waals surface area contributed by atoms with Crippen LogP contribution < -0.4 is 5.32 Å². The summed E-state index contributed by atoms with van der Waals surface area (Å²) in [7, 11) is 0. The van der Waals surface area contributed by atoms with Crippen molar-refractivity contribution in [2.75, 3.05) is 5.32 Å². The van der Waals surface area contributed by atoms with Crippen molar-refractivity contribution in [2.24, 2.45) is 0 Å². The van der Waals surface area contributed by atoms with Crippen molar-refractivity contribution in [2.45, 2.75) is 9.79 Å². The van der Waals surface area contributed by atoms with E-state index in [2.05, 4.69) is 21.2 Å². The zero-order valence-corrected chi connectivity index (χ0v) is 13.1. The number of hydrogen-bond acceptors (Lipinski definition) is 3.